The zero-order valence-corrected chi connectivity index (χ0v) is 12.8. The van der Waals surface area contributed by atoms with Crippen LogP contribution in [0.5, 0.6) is 5.75 Å². The summed E-state index contributed by atoms with van der Waals surface area (Å²) in [6.07, 6.45) is 0. The van der Waals surface area contributed by atoms with Gasteiger partial charge in [0.2, 0.25) is 0 Å². The summed E-state index contributed by atoms with van der Waals surface area (Å²) in [7, 11) is 3.48. The van der Waals surface area contributed by atoms with Crippen LogP contribution in [-0.2, 0) is 0 Å². The van der Waals surface area contributed by atoms with Gasteiger partial charge in [0.05, 0.1) is 13.7 Å². The molecule has 3 nitrogen and oxygen atoms in total. The number of nitrogens with one attached hydrogen (secondary N) is 1. The molecule has 0 saturated heterocycles. The quantitative estimate of drug-likeness (QED) is 0.800. The van der Waals surface area contributed by atoms with Crippen LogP contribution in [0.1, 0.15) is 61.0 Å². The van der Waals surface area contributed by atoms with Gasteiger partial charge >= 0.3 is 0 Å². The minimum absolute atomic E-state index is 0.119. The molecule has 0 saturated carbocycles. The standard InChI is InChI=1S/C16H25NO2/c1-10(2)13-7-12(15(18)9-17-5)8-14(11(3)4)16(13)19-6/h7-8,10-11,17H,9H2,1-6H3. The molecule has 0 unspecified atom stereocenters. The number of ketones is 1. The van der Waals surface area contributed by atoms with Gasteiger partial charge in [-0.05, 0) is 42.1 Å². The maximum Gasteiger partial charge on any atom is 0.176 e. The molecule has 19 heavy (non-hydrogen) atoms. The Morgan fingerprint density at radius 3 is 1.95 bits per heavy atom. The van der Waals surface area contributed by atoms with Gasteiger partial charge in [0, 0.05) is 5.56 Å². The summed E-state index contributed by atoms with van der Waals surface area (Å²) in [5, 5.41) is 2.91. The highest BCUT2D eigenvalue weighted by molar-refractivity contribution is 5.98. The van der Waals surface area contributed by atoms with Gasteiger partial charge in [-0.2, -0.15) is 0 Å². The van der Waals surface area contributed by atoms with Gasteiger partial charge in [0.25, 0.3) is 0 Å². The van der Waals surface area contributed by atoms with E-state index < -0.39 is 0 Å². The van der Waals surface area contributed by atoms with Gasteiger partial charge in [0.1, 0.15) is 5.75 Å². The predicted octanol–water partition coefficient (Wildman–Crippen LogP) is 3.34. The normalized spacial score (nSPS) is 11.2. The number of ether oxygens (including phenoxy) is 1. The first-order valence-electron chi connectivity index (χ1n) is 6.82. The van der Waals surface area contributed by atoms with Crippen molar-refractivity contribution in [3.8, 4) is 5.75 Å². The number of hydrogen-bond donors (Lipinski definition) is 1. The van der Waals surface area contributed by atoms with Gasteiger partial charge < -0.3 is 10.1 Å². The van der Waals surface area contributed by atoms with Crippen LogP contribution in [0.15, 0.2) is 12.1 Å². The van der Waals surface area contributed by atoms with Crippen LogP contribution in [0, 0.1) is 0 Å². The molecule has 0 amide bonds. The van der Waals surface area contributed by atoms with Gasteiger partial charge in [-0.15, -0.1) is 0 Å². The van der Waals surface area contributed by atoms with E-state index in [9.17, 15) is 4.79 Å². The summed E-state index contributed by atoms with van der Waals surface area (Å²) in [5.41, 5.74) is 2.98. The number of benzene rings is 1. The Morgan fingerprint density at radius 1 is 1.16 bits per heavy atom. The van der Waals surface area contributed by atoms with Crippen LogP contribution >= 0.6 is 0 Å². The Kier molecular flexibility index (Phi) is 5.55. The van der Waals surface area contributed by atoms with Crippen LogP contribution in [0.2, 0.25) is 0 Å². The molecule has 1 aromatic rings. The van der Waals surface area contributed by atoms with Crippen molar-refractivity contribution >= 4 is 5.78 Å². The molecule has 0 aliphatic heterocycles. The molecule has 1 rings (SSSR count). The first-order chi connectivity index (χ1) is 8.92. The molecule has 0 aliphatic rings. The number of methoxy groups -OCH3 is 1. The second-order valence-electron chi connectivity index (χ2n) is 5.45. The summed E-state index contributed by atoms with van der Waals surface area (Å²) in [4.78, 5) is 12.1. The van der Waals surface area contributed by atoms with E-state index in [4.69, 9.17) is 4.74 Å². The Labute approximate surface area is 116 Å². The van der Waals surface area contributed by atoms with Crippen molar-refractivity contribution in [2.24, 2.45) is 0 Å². The van der Waals surface area contributed by atoms with Gasteiger partial charge in [-0.3, -0.25) is 4.79 Å². The van der Waals surface area contributed by atoms with E-state index >= 15 is 0 Å². The number of carbonyl (C=O) groups is 1. The van der Waals surface area contributed by atoms with Crippen molar-refractivity contribution in [2.75, 3.05) is 20.7 Å². The second-order valence-corrected chi connectivity index (χ2v) is 5.45. The number of rotatable bonds is 6. The molecular formula is C16H25NO2. The Balaban J connectivity index is 3.41. The third kappa shape index (κ3) is 3.57. The van der Waals surface area contributed by atoms with Gasteiger partial charge in [-0.1, -0.05) is 27.7 Å². The average Bonchev–Trinajstić information content (AvgIpc) is 2.36. The van der Waals surface area contributed by atoms with Crippen molar-refractivity contribution in [1.29, 1.82) is 0 Å². The molecule has 0 aliphatic carbocycles. The van der Waals surface area contributed by atoms with E-state index in [1.54, 1.807) is 14.2 Å². The van der Waals surface area contributed by atoms with Crippen molar-refractivity contribution in [3.63, 3.8) is 0 Å². The highest BCUT2D eigenvalue weighted by Crippen LogP contribution is 2.35. The maximum atomic E-state index is 12.1. The SMILES string of the molecule is CNCC(=O)c1cc(C(C)C)c(OC)c(C(C)C)c1. The summed E-state index contributed by atoms with van der Waals surface area (Å²) < 4.78 is 5.57. The smallest absolute Gasteiger partial charge is 0.176 e. The van der Waals surface area contributed by atoms with E-state index in [1.807, 2.05) is 12.1 Å². The first kappa shape index (κ1) is 15.7. The highest BCUT2D eigenvalue weighted by atomic mass is 16.5. The molecule has 3 heteroatoms. The third-order valence-corrected chi connectivity index (χ3v) is 3.25. The fourth-order valence-corrected chi connectivity index (χ4v) is 2.19. The molecule has 1 aromatic carbocycles. The Bertz CT molecular complexity index is 421. The first-order valence-corrected chi connectivity index (χ1v) is 6.82. The van der Waals surface area contributed by atoms with Crippen LogP contribution in [0.4, 0.5) is 0 Å². The molecule has 0 radical (unpaired) electrons. The summed E-state index contributed by atoms with van der Waals surface area (Å²) in [6.45, 7) is 8.84. The monoisotopic (exact) mass is 263 g/mol. The zero-order valence-electron chi connectivity index (χ0n) is 12.8. The number of likely N-dealkylation sites (N-methyl/N-ethyl adjacent to an activating group) is 1. The van der Waals surface area contributed by atoms with E-state index in [0.29, 0.717) is 18.4 Å². The lowest BCUT2D eigenvalue weighted by atomic mass is 9.90. The van der Waals surface area contributed by atoms with E-state index in [2.05, 4.69) is 33.0 Å². The Hall–Kier alpha value is -1.35. The molecule has 1 N–H and O–H groups in total. The summed E-state index contributed by atoms with van der Waals surface area (Å²) in [5.74, 6) is 1.70. The lowest BCUT2D eigenvalue weighted by Gasteiger charge is -2.20. The largest absolute Gasteiger partial charge is 0.496 e. The molecule has 0 aromatic heterocycles. The molecule has 0 spiro atoms. The average molecular weight is 263 g/mol. The number of carbonyl (C=O) groups excluding carboxylic acids is 1. The third-order valence-electron chi connectivity index (χ3n) is 3.25. The van der Waals surface area contributed by atoms with Crippen molar-refractivity contribution in [3.05, 3.63) is 28.8 Å². The predicted molar refractivity (Wildman–Crippen MR) is 79.4 cm³/mol. The van der Waals surface area contributed by atoms with E-state index in [-0.39, 0.29) is 5.78 Å². The zero-order chi connectivity index (χ0) is 14.6. The number of Topliss-reactive ketones (excluding diaryl/α,β-unsaturated/α-hetero) is 1. The second kappa shape index (κ2) is 6.71. The summed E-state index contributed by atoms with van der Waals surface area (Å²) >= 11 is 0. The van der Waals surface area contributed by atoms with Crippen LogP contribution in [0.25, 0.3) is 0 Å². The minimum Gasteiger partial charge on any atom is -0.496 e. The fourth-order valence-electron chi connectivity index (χ4n) is 2.19. The van der Waals surface area contributed by atoms with Crippen molar-refractivity contribution in [2.45, 2.75) is 39.5 Å². The lowest BCUT2D eigenvalue weighted by molar-refractivity contribution is 0.0993. The molecule has 0 heterocycles. The van der Waals surface area contributed by atoms with Gasteiger partial charge in [-0.25, -0.2) is 0 Å². The molecule has 106 valence electrons. The fraction of sp³-hybridized carbons (Fsp3) is 0.562. The Morgan fingerprint density at radius 2 is 1.63 bits per heavy atom. The van der Waals surface area contributed by atoms with E-state index in [0.717, 1.165) is 22.4 Å². The number of hydrogen-bond acceptors (Lipinski definition) is 3. The highest BCUT2D eigenvalue weighted by Gasteiger charge is 2.18. The lowest BCUT2D eigenvalue weighted by Crippen LogP contribution is -2.19. The molecular weight excluding hydrogens is 238 g/mol. The minimum atomic E-state index is 0.119. The molecule has 0 fully saturated rings. The topological polar surface area (TPSA) is 38.3 Å². The van der Waals surface area contributed by atoms with Crippen LogP contribution in [-0.4, -0.2) is 26.5 Å². The van der Waals surface area contributed by atoms with Crippen molar-refractivity contribution in [1.82, 2.24) is 5.32 Å². The van der Waals surface area contributed by atoms with Crippen LogP contribution in [0.3, 0.4) is 0 Å². The van der Waals surface area contributed by atoms with Crippen LogP contribution < -0.4 is 10.1 Å². The molecule has 0 bridgehead atoms. The summed E-state index contributed by atoms with van der Waals surface area (Å²) in [6, 6.07) is 3.93. The maximum absolute atomic E-state index is 12.1. The van der Waals surface area contributed by atoms with Gasteiger partial charge in [0.15, 0.2) is 5.78 Å². The molecule has 0 atom stereocenters. The van der Waals surface area contributed by atoms with Crippen molar-refractivity contribution < 1.29 is 9.53 Å². The van der Waals surface area contributed by atoms with E-state index in [1.165, 1.54) is 0 Å².